The van der Waals surface area contributed by atoms with Crippen LogP contribution in [0.3, 0.4) is 0 Å². The fraction of sp³-hybridized carbons (Fsp3) is 0.333. The molecule has 4 rings (SSSR count). The molecule has 0 spiro atoms. The van der Waals surface area contributed by atoms with Gasteiger partial charge in [0.1, 0.15) is 17.1 Å². The lowest BCUT2D eigenvalue weighted by molar-refractivity contribution is 0.102. The van der Waals surface area contributed by atoms with Crippen molar-refractivity contribution < 1.29 is 14.3 Å². The van der Waals surface area contributed by atoms with Gasteiger partial charge in [-0.15, -0.1) is 0 Å². The second-order valence-electron chi connectivity index (χ2n) is 8.51. The lowest BCUT2D eigenvalue weighted by Crippen LogP contribution is -2.26. The first-order valence-electron chi connectivity index (χ1n) is 10.2. The van der Waals surface area contributed by atoms with Gasteiger partial charge in [0.05, 0.1) is 5.69 Å². The number of phenolic OH excluding ortho intramolecular Hbond substituents is 1. The van der Waals surface area contributed by atoms with Gasteiger partial charge in [-0.1, -0.05) is 37.8 Å². The van der Waals surface area contributed by atoms with Gasteiger partial charge >= 0.3 is 0 Å². The molecule has 3 N–H and O–H groups in total. The molecule has 2 aromatic carbocycles. The molecule has 1 aliphatic carbocycles. The molecule has 1 saturated carbocycles. The van der Waals surface area contributed by atoms with Crippen molar-refractivity contribution in [3.05, 3.63) is 69.3 Å². The maximum atomic E-state index is 14.8. The number of benzene rings is 2. The van der Waals surface area contributed by atoms with Crippen molar-refractivity contribution >= 4 is 22.5 Å². The lowest BCUT2D eigenvalue weighted by atomic mass is 9.70. The summed E-state index contributed by atoms with van der Waals surface area (Å²) in [5, 5.41) is 13.4. The fourth-order valence-electron chi connectivity index (χ4n) is 4.43. The summed E-state index contributed by atoms with van der Waals surface area (Å²) in [5.41, 5.74) is 1.11. The summed E-state index contributed by atoms with van der Waals surface area (Å²) < 4.78 is 14.8. The van der Waals surface area contributed by atoms with E-state index in [4.69, 9.17) is 0 Å². The molecular weight excluding hydrogens is 383 g/mol. The minimum atomic E-state index is -0.727. The molecule has 0 radical (unpaired) electrons. The van der Waals surface area contributed by atoms with Crippen molar-refractivity contribution in [1.29, 1.82) is 0 Å². The van der Waals surface area contributed by atoms with E-state index < -0.39 is 17.2 Å². The minimum absolute atomic E-state index is 0.0425. The van der Waals surface area contributed by atoms with Gasteiger partial charge in [0.15, 0.2) is 0 Å². The van der Waals surface area contributed by atoms with Gasteiger partial charge in [-0.3, -0.25) is 9.59 Å². The Kier molecular flexibility index (Phi) is 5.10. The molecule has 1 heterocycles. The summed E-state index contributed by atoms with van der Waals surface area (Å²) in [4.78, 5) is 28.4. The maximum Gasteiger partial charge on any atom is 0.261 e. The Hall–Kier alpha value is -3.15. The summed E-state index contributed by atoms with van der Waals surface area (Å²) >= 11 is 0. The summed E-state index contributed by atoms with van der Waals surface area (Å²) in [6, 6.07) is 7.89. The number of hydrogen-bond donors (Lipinski definition) is 3. The number of aromatic nitrogens is 1. The number of rotatable bonds is 3. The van der Waals surface area contributed by atoms with Crippen molar-refractivity contribution in [3.63, 3.8) is 0 Å². The van der Waals surface area contributed by atoms with Gasteiger partial charge in [-0.2, -0.15) is 0 Å². The highest BCUT2D eigenvalue weighted by Gasteiger charge is 2.32. The van der Waals surface area contributed by atoms with Crippen molar-refractivity contribution in [2.45, 2.75) is 51.4 Å². The number of nitrogens with one attached hydrogen (secondary N) is 2. The normalized spacial score (nSPS) is 15.8. The highest BCUT2D eigenvalue weighted by atomic mass is 19.1. The predicted molar refractivity (Wildman–Crippen MR) is 116 cm³/mol. The van der Waals surface area contributed by atoms with E-state index in [1.165, 1.54) is 18.3 Å². The summed E-state index contributed by atoms with van der Waals surface area (Å²) in [5.74, 6) is -1.40. The molecule has 0 aliphatic heterocycles. The number of hydrogen-bond acceptors (Lipinski definition) is 3. The average molecular weight is 408 g/mol. The van der Waals surface area contributed by atoms with E-state index in [2.05, 4.69) is 10.3 Å². The van der Waals surface area contributed by atoms with E-state index in [1.807, 2.05) is 19.9 Å². The highest BCUT2D eigenvalue weighted by molar-refractivity contribution is 6.05. The minimum Gasteiger partial charge on any atom is -0.508 e. The molecule has 1 aliphatic rings. The monoisotopic (exact) mass is 408 g/mol. The summed E-state index contributed by atoms with van der Waals surface area (Å²) in [6.07, 6.45) is 6.33. The second kappa shape index (κ2) is 7.59. The molecule has 0 atom stereocenters. The zero-order valence-corrected chi connectivity index (χ0v) is 17.1. The Morgan fingerprint density at radius 3 is 2.63 bits per heavy atom. The Bertz CT molecular complexity index is 1190. The molecule has 6 heteroatoms. The van der Waals surface area contributed by atoms with Gasteiger partial charge in [-0.25, -0.2) is 4.39 Å². The van der Waals surface area contributed by atoms with Crippen molar-refractivity contribution in [2.24, 2.45) is 0 Å². The quantitative estimate of drug-likeness (QED) is 0.560. The Labute approximate surface area is 174 Å². The first-order chi connectivity index (χ1) is 14.3. The number of aromatic amines is 1. The van der Waals surface area contributed by atoms with Crippen molar-refractivity contribution in [1.82, 2.24) is 4.98 Å². The number of H-pyrrole nitrogens is 1. The van der Waals surface area contributed by atoms with E-state index in [0.29, 0.717) is 16.5 Å². The topological polar surface area (TPSA) is 82.2 Å². The number of carbonyl (C=O) groups is 1. The van der Waals surface area contributed by atoms with Crippen LogP contribution in [-0.4, -0.2) is 16.0 Å². The van der Waals surface area contributed by atoms with E-state index in [1.54, 1.807) is 12.1 Å². The van der Waals surface area contributed by atoms with E-state index in [0.717, 1.165) is 37.7 Å². The third-order valence-electron chi connectivity index (χ3n) is 6.22. The number of aryl methyl sites for hydroxylation is 1. The predicted octanol–water partition coefficient (Wildman–Crippen LogP) is 5.16. The smallest absolute Gasteiger partial charge is 0.261 e. The molecule has 0 bridgehead atoms. The van der Waals surface area contributed by atoms with Gasteiger partial charge in [0.25, 0.3) is 5.91 Å². The first-order valence-corrected chi connectivity index (χ1v) is 10.2. The van der Waals surface area contributed by atoms with Crippen LogP contribution in [0.15, 0.2) is 41.3 Å². The van der Waals surface area contributed by atoms with Crippen LogP contribution in [0.2, 0.25) is 0 Å². The molecule has 1 amide bonds. The number of pyridine rings is 1. The molecule has 156 valence electrons. The SMILES string of the molecule is Cc1ccc2[nH]cc(C(=O)Nc3cc(O)c(C4(C)CCCCC4)cc3F)c(=O)c2c1. The second-order valence-corrected chi connectivity index (χ2v) is 8.51. The molecule has 0 unspecified atom stereocenters. The van der Waals surface area contributed by atoms with E-state index in [9.17, 15) is 19.1 Å². The fourth-order valence-corrected chi connectivity index (χ4v) is 4.43. The van der Waals surface area contributed by atoms with Crippen LogP contribution >= 0.6 is 0 Å². The molecular formula is C24H25FN2O3. The first kappa shape index (κ1) is 20.1. The van der Waals surface area contributed by atoms with Gasteiger partial charge in [0, 0.05) is 28.7 Å². The van der Waals surface area contributed by atoms with Crippen LogP contribution in [0.5, 0.6) is 5.75 Å². The van der Waals surface area contributed by atoms with Crippen LogP contribution in [0.25, 0.3) is 10.9 Å². The van der Waals surface area contributed by atoms with E-state index >= 15 is 0 Å². The van der Waals surface area contributed by atoms with Gasteiger partial charge < -0.3 is 15.4 Å². The number of fused-ring (bicyclic) bond motifs is 1. The lowest BCUT2D eigenvalue weighted by Gasteiger charge is -2.34. The van der Waals surface area contributed by atoms with Gasteiger partial charge in [-0.05, 0) is 43.4 Å². The molecule has 3 aromatic rings. The molecule has 30 heavy (non-hydrogen) atoms. The zero-order chi connectivity index (χ0) is 21.5. The maximum absolute atomic E-state index is 14.8. The number of halogens is 1. The van der Waals surface area contributed by atoms with Crippen LogP contribution in [0.4, 0.5) is 10.1 Å². The number of anilines is 1. The largest absolute Gasteiger partial charge is 0.508 e. The molecule has 1 fully saturated rings. The summed E-state index contributed by atoms with van der Waals surface area (Å²) in [6.45, 7) is 3.90. The Balaban J connectivity index is 1.65. The zero-order valence-electron chi connectivity index (χ0n) is 17.1. The van der Waals surface area contributed by atoms with Crippen molar-refractivity contribution in [2.75, 3.05) is 5.32 Å². The van der Waals surface area contributed by atoms with Crippen LogP contribution in [0.1, 0.15) is 60.5 Å². The van der Waals surface area contributed by atoms with Crippen molar-refractivity contribution in [3.8, 4) is 5.75 Å². The number of aromatic hydroxyl groups is 1. The molecule has 5 nitrogen and oxygen atoms in total. The molecule has 0 saturated heterocycles. The van der Waals surface area contributed by atoms with E-state index in [-0.39, 0.29) is 22.4 Å². The van der Waals surface area contributed by atoms with Crippen LogP contribution in [0, 0.1) is 12.7 Å². The average Bonchev–Trinajstić information content (AvgIpc) is 2.71. The standard InChI is InChI=1S/C24H25FN2O3/c1-14-6-7-19-15(10-14)22(29)16(13-26-19)23(30)27-20-12-21(28)17(11-18(20)25)24(2)8-4-3-5-9-24/h6-7,10-13,28H,3-5,8-9H2,1-2H3,(H,26,29)(H,27,30). The third kappa shape index (κ3) is 3.58. The Morgan fingerprint density at radius 1 is 1.17 bits per heavy atom. The third-order valence-corrected chi connectivity index (χ3v) is 6.22. The summed E-state index contributed by atoms with van der Waals surface area (Å²) in [7, 11) is 0. The molecule has 1 aromatic heterocycles. The Morgan fingerprint density at radius 2 is 1.90 bits per heavy atom. The van der Waals surface area contributed by atoms with Crippen LogP contribution < -0.4 is 10.7 Å². The van der Waals surface area contributed by atoms with Crippen LogP contribution in [-0.2, 0) is 5.41 Å². The number of amides is 1. The highest BCUT2D eigenvalue weighted by Crippen LogP contribution is 2.44. The van der Waals surface area contributed by atoms with Gasteiger partial charge in [0.2, 0.25) is 5.43 Å². The number of phenols is 1. The number of carbonyl (C=O) groups excluding carboxylic acids is 1.